The third kappa shape index (κ3) is 6.18. The van der Waals surface area contributed by atoms with Crippen molar-refractivity contribution in [3.63, 3.8) is 0 Å². The SMILES string of the molecule is CC[C@@H]1C[C@H](O)[C@H](O[C@H]2C[C@H](O)[C@H](O[C@H]3C[C@H](OC(C)=O)[C@H](O)[C@@H](C)O3)[C@@H](C)O2)[C@@H](C)O1. The fourth-order valence-corrected chi connectivity index (χ4v) is 4.70. The van der Waals surface area contributed by atoms with Crippen LogP contribution in [0.15, 0.2) is 0 Å². The van der Waals surface area contributed by atoms with E-state index in [9.17, 15) is 20.1 Å². The molecule has 3 aliphatic rings. The number of carbonyl (C=O) groups excluding carboxylic acids is 1. The predicted molar refractivity (Wildman–Crippen MR) is 110 cm³/mol. The van der Waals surface area contributed by atoms with Crippen molar-refractivity contribution in [1.29, 1.82) is 0 Å². The van der Waals surface area contributed by atoms with Crippen LogP contribution >= 0.6 is 0 Å². The highest BCUT2D eigenvalue weighted by Gasteiger charge is 2.45. The summed E-state index contributed by atoms with van der Waals surface area (Å²) < 4.78 is 34.7. The summed E-state index contributed by atoms with van der Waals surface area (Å²) >= 11 is 0. The van der Waals surface area contributed by atoms with Crippen molar-refractivity contribution in [2.75, 3.05) is 0 Å². The number of ether oxygens (including phenoxy) is 6. The van der Waals surface area contributed by atoms with Gasteiger partial charge in [-0.05, 0) is 27.2 Å². The van der Waals surface area contributed by atoms with E-state index in [0.717, 1.165) is 6.42 Å². The van der Waals surface area contributed by atoms with Gasteiger partial charge in [-0.1, -0.05) is 6.92 Å². The maximum Gasteiger partial charge on any atom is 0.302 e. The smallest absolute Gasteiger partial charge is 0.302 e. The molecule has 3 fully saturated rings. The second kappa shape index (κ2) is 11.1. The fraction of sp³-hybridized carbons (Fsp3) is 0.955. The second-order valence-electron chi connectivity index (χ2n) is 9.09. The normalized spacial score (nSPS) is 47.8. The minimum Gasteiger partial charge on any atom is -0.459 e. The zero-order valence-corrected chi connectivity index (χ0v) is 19.5. The molecule has 3 rings (SSSR count). The van der Waals surface area contributed by atoms with Gasteiger partial charge in [-0.2, -0.15) is 0 Å². The molecule has 3 saturated heterocycles. The Bertz CT molecular complexity index is 594. The van der Waals surface area contributed by atoms with Gasteiger partial charge in [-0.3, -0.25) is 4.79 Å². The van der Waals surface area contributed by atoms with Gasteiger partial charge in [0.05, 0.1) is 36.6 Å². The molecule has 0 aromatic rings. The number of hydrogen-bond acceptors (Lipinski definition) is 10. The molecule has 3 heterocycles. The molecule has 10 nitrogen and oxygen atoms in total. The third-order valence-electron chi connectivity index (χ3n) is 6.44. The van der Waals surface area contributed by atoms with E-state index in [0.29, 0.717) is 6.42 Å². The number of esters is 1. The van der Waals surface area contributed by atoms with Crippen molar-refractivity contribution in [1.82, 2.24) is 0 Å². The molecule has 0 spiro atoms. The van der Waals surface area contributed by atoms with Crippen LogP contribution in [0.2, 0.25) is 0 Å². The van der Waals surface area contributed by atoms with Gasteiger partial charge in [0.15, 0.2) is 12.6 Å². The molecule has 10 heteroatoms. The van der Waals surface area contributed by atoms with Crippen LogP contribution in [0.5, 0.6) is 0 Å². The molecule has 0 saturated carbocycles. The van der Waals surface area contributed by atoms with E-state index in [2.05, 4.69) is 0 Å². The molecule has 3 N–H and O–H groups in total. The van der Waals surface area contributed by atoms with E-state index < -0.39 is 67.4 Å². The number of rotatable bonds is 6. The Labute approximate surface area is 189 Å². The molecule has 0 amide bonds. The maximum atomic E-state index is 11.3. The van der Waals surface area contributed by atoms with Gasteiger partial charge in [-0.15, -0.1) is 0 Å². The van der Waals surface area contributed by atoms with Crippen LogP contribution in [-0.2, 0) is 33.2 Å². The van der Waals surface area contributed by atoms with E-state index in [1.54, 1.807) is 13.8 Å². The molecule has 0 bridgehead atoms. The van der Waals surface area contributed by atoms with Crippen LogP contribution < -0.4 is 0 Å². The summed E-state index contributed by atoms with van der Waals surface area (Å²) in [5.41, 5.74) is 0. The number of carbonyl (C=O) groups is 1. The van der Waals surface area contributed by atoms with E-state index in [1.807, 2.05) is 13.8 Å². The van der Waals surface area contributed by atoms with E-state index >= 15 is 0 Å². The molecular formula is C22H38O10. The Balaban J connectivity index is 1.55. The van der Waals surface area contributed by atoms with Crippen molar-refractivity contribution in [2.45, 2.75) is 134 Å². The molecule has 186 valence electrons. The molecule has 0 aliphatic carbocycles. The molecule has 0 aromatic carbocycles. The second-order valence-corrected chi connectivity index (χ2v) is 9.09. The quantitative estimate of drug-likeness (QED) is 0.483. The monoisotopic (exact) mass is 462 g/mol. The van der Waals surface area contributed by atoms with Gasteiger partial charge in [-0.25, -0.2) is 0 Å². The number of aliphatic hydroxyl groups excluding tert-OH is 3. The van der Waals surface area contributed by atoms with Crippen molar-refractivity contribution < 1.29 is 48.5 Å². The standard InChI is InChI=1S/C22H38O10/c1-6-14-7-15(24)21(11(3)27-14)31-18-8-16(25)22(12(4)29-18)32-19-9-17(30-13(5)23)20(26)10(2)28-19/h10-12,14-22,24-26H,6-9H2,1-5H3/t10-,11-,12-,14-,15+,16+,17+,18+,19+,20-,21-,22-/m1/s1. The zero-order valence-electron chi connectivity index (χ0n) is 19.5. The Kier molecular flexibility index (Phi) is 8.90. The van der Waals surface area contributed by atoms with Crippen LogP contribution in [0.3, 0.4) is 0 Å². The van der Waals surface area contributed by atoms with Crippen molar-refractivity contribution in [2.24, 2.45) is 0 Å². The molecule has 0 aromatic heterocycles. The maximum absolute atomic E-state index is 11.3. The summed E-state index contributed by atoms with van der Waals surface area (Å²) in [6.45, 7) is 8.58. The summed E-state index contributed by atoms with van der Waals surface area (Å²) in [5.74, 6) is -0.496. The van der Waals surface area contributed by atoms with Crippen molar-refractivity contribution in [3.8, 4) is 0 Å². The average molecular weight is 463 g/mol. The minimum absolute atomic E-state index is 0.00151. The van der Waals surface area contributed by atoms with E-state index in [1.165, 1.54) is 6.92 Å². The number of aliphatic hydroxyl groups is 3. The van der Waals surface area contributed by atoms with Gasteiger partial charge in [0.25, 0.3) is 0 Å². The minimum atomic E-state index is -0.958. The predicted octanol–water partition coefficient (Wildman–Crippen LogP) is 0.628. The van der Waals surface area contributed by atoms with E-state index in [4.69, 9.17) is 28.4 Å². The summed E-state index contributed by atoms with van der Waals surface area (Å²) in [4.78, 5) is 11.3. The van der Waals surface area contributed by atoms with Gasteiger partial charge in [0.1, 0.15) is 24.4 Å². The van der Waals surface area contributed by atoms with Crippen molar-refractivity contribution >= 4 is 5.97 Å². The summed E-state index contributed by atoms with van der Waals surface area (Å²) in [5, 5.41) is 31.4. The first kappa shape index (κ1) is 25.8. The highest BCUT2D eigenvalue weighted by molar-refractivity contribution is 5.66. The van der Waals surface area contributed by atoms with Gasteiger partial charge >= 0.3 is 5.97 Å². The van der Waals surface area contributed by atoms with Gasteiger partial charge in [0, 0.05) is 26.2 Å². The third-order valence-corrected chi connectivity index (χ3v) is 6.44. The first-order valence-electron chi connectivity index (χ1n) is 11.6. The van der Waals surface area contributed by atoms with Gasteiger partial charge < -0.3 is 43.7 Å². The Hall–Kier alpha value is -0.850. The lowest BCUT2D eigenvalue weighted by Gasteiger charge is -2.44. The lowest BCUT2D eigenvalue weighted by molar-refractivity contribution is -0.326. The zero-order chi connectivity index (χ0) is 23.6. The summed E-state index contributed by atoms with van der Waals surface area (Å²) in [6.07, 6.45) is -5.84. The Morgan fingerprint density at radius 3 is 1.91 bits per heavy atom. The Morgan fingerprint density at radius 1 is 0.844 bits per heavy atom. The molecular weight excluding hydrogens is 424 g/mol. The Morgan fingerprint density at radius 2 is 1.38 bits per heavy atom. The molecule has 0 unspecified atom stereocenters. The van der Waals surface area contributed by atoms with Gasteiger partial charge in [0.2, 0.25) is 0 Å². The first-order valence-corrected chi connectivity index (χ1v) is 11.6. The molecule has 3 aliphatic heterocycles. The first-order chi connectivity index (χ1) is 15.1. The highest BCUT2D eigenvalue weighted by atomic mass is 16.7. The topological polar surface area (TPSA) is 133 Å². The molecule has 32 heavy (non-hydrogen) atoms. The molecule has 0 radical (unpaired) electrons. The molecule has 12 atom stereocenters. The summed E-state index contributed by atoms with van der Waals surface area (Å²) in [6, 6.07) is 0. The van der Waals surface area contributed by atoms with E-state index in [-0.39, 0.29) is 25.0 Å². The average Bonchev–Trinajstić information content (AvgIpc) is 2.70. The number of hydrogen-bond donors (Lipinski definition) is 3. The van der Waals surface area contributed by atoms with Crippen LogP contribution in [0.4, 0.5) is 0 Å². The van der Waals surface area contributed by atoms with Crippen LogP contribution in [0, 0.1) is 0 Å². The van der Waals surface area contributed by atoms with Crippen molar-refractivity contribution in [3.05, 3.63) is 0 Å². The van der Waals surface area contributed by atoms with Crippen LogP contribution in [-0.4, -0.2) is 94.9 Å². The largest absolute Gasteiger partial charge is 0.459 e. The highest BCUT2D eigenvalue weighted by Crippen LogP contribution is 2.32. The summed E-state index contributed by atoms with van der Waals surface area (Å²) in [7, 11) is 0. The lowest BCUT2D eigenvalue weighted by Crippen LogP contribution is -2.56. The van der Waals surface area contributed by atoms with Crippen LogP contribution in [0.1, 0.15) is 60.3 Å². The lowest BCUT2D eigenvalue weighted by atomic mass is 9.96. The fourth-order valence-electron chi connectivity index (χ4n) is 4.70. The van der Waals surface area contributed by atoms with Crippen LogP contribution in [0.25, 0.3) is 0 Å².